The largest absolute Gasteiger partial charge is 0.226 e. The molecule has 0 radical (unpaired) electrons. The van der Waals surface area contributed by atoms with Crippen molar-refractivity contribution in [1.82, 2.24) is 9.97 Å². The van der Waals surface area contributed by atoms with Crippen LogP contribution in [0.2, 0.25) is 10.2 Å². The molecule has 1 aromatic heterocycles. The van der Waals surface area contributed by atoms with Gasteiger partial charge in [0.05, 0.1) is 16.1 Å². The van der Waals surface area contributed by atoms with E-state index in [4.69, 9.17) is 23.2 Å². The fourth-order valence-electron chi connectivity index (χ4n) is 1.95. The van der Waals surface area contributed by atoms with Gasteiger partial charge in [0.2, 0.25) is 0 Å². The molecule has 0 atom stereocenters. The minimum absolute atomic E-state index is 0.000579. The number of hydrogen-bond donors (Lipinski definition) is 0. The van der Waals surface area contributed by atoms with Crippen LogP contribution in [0.5, 0.6) is 0 Å². The van der Waals surface area contributed by atoms with Crippen LogP contribution in [0.15, 0.2) is 30.3 Å². The lowest BCUT2D eigenvalue weighted by Gasteiger charge is -2.07. The second-order valence-corrected chi connectivity index (χ2v) is 4.98. The molecule has 0 aliphatic heterocycles. The van der Waals surface area contributed by atoms with Crippen LogP contribution < -0.4 is 0 Å². The van der Waals surface area contributed by atoms with Gasteiger partial charge in [0.25, 0.3) is 0 Å². The summed E-state index contributed by atoms with van der Waals surface area (Å²) in [6.07, 6.45) is 0. The second-order valence-electron chi connectivity index (χ2n) is 4.22. The van der Waals surface area contributed by atoms with Gasteiger partial charge in [-0.25, -0.2) is 23.1 Å². The van der Waals surface area contributed by atoms with Crippen molar-refractivity contribution in [3.05, 3.63) is 58.0 Å². The van der Waals surface area contributed by atoms with E-state index in [1.54, 1.807) is 18.2 Å². The zero-order valence-electron chi connectivity index (χ0n) is 10.2. The van der Waals surface area contributed by atoms with Gasteiger partial charge in [-0.2, -0.15) is 0 Å². The predicted octanol–water partition coefficient (Wildman–Crippen LogP) is 5.02. The monoisotopic (exact) mass is 328 g/mol. The first-order chi connectivity index (χ1) is 9.97. The summed E-state index contributed by atoms with van der Waals surface area (Å²) in [5.74, 6) is -3.56. The van der Waals surface area contributed by atoms with Gasteiger partial charge < -0.3 is 0 Å². The number of benzene rings is 2. The van der Waals surface area contributed by atoms with E-state index in [1.165, 1.54) is 0 Å². The lowest BCUT2D eigenvalue weighted by atomic mass is 10.1. The molecule has 0 bridgehead atoms. The Morgan fingerprint density at radius 1 is 0.905 bits per heavy atom. The Morgan fingerprint density at radius 2 is 1.57 bits per heavy atom. The van der Waals surface area contributed by atoms with Crippen molar-refractivity contribution in [3.8, 4) is 11.4 Å². The van der Waals surface area contributed by atoms with Gasteiger partial charge in [-0.15, -0.1) is 0 Å². The summed E-state index contributed by atoms with van der Waals surface area (Å²) in [6, 6.07) is 5.94. The Balaban J connectivity index is 2.34. The van der Waals surface area contributed by atoms with Crippen molar-refractivity contribution in [2.45, 2.75) is 0 Å². The van der Waals surface area contributed by atoms with Crippen molar-refractivity contribution < 1.29 is 13.2 Å². The first-order valence-corrected chi connectivity index (χ1v) is 6.49. The number of hydrogen-bond acceptors (Lipinski definition) is 2. The molecule has 21 heavy (non-hydrogen) atoms. The second kappa shape index (κ2) is 5.16. The summed E-state index contributed by atoms with van der Waals surface area (Å²) in [7, 11) is 0. The lowest BCUT2D eigenvalue weighted by Crippen LogP contribution is -1.98. The quantitative estimate of drug-likeness (QED) is 0.586. The standard InChI is InChI=1S/C14H5Cl2F3N2/c15-8-3-1-2-7-12(8)20-14(21-13(7)16)11-9(18)4-6(17)5-10(11)19/h1-5H. The molecule has 106 valence electrons. The average molecular weight is 329 g/mol. The molecule has 0 spiro atoms. The van der Waals surface area contributed by atoms with Crippen molar-refractivity contribution >= 4 is 34.1 Å². The molecule has 7 heteroatoms. The molecule has 0 saturated heterocycles. The summed E-state index contributed by atoms with van der Waals surface area (Å²) in [5.41, 5.74) is -0.294. The van der Waals surface area contributed by atoms with Gasteiger partial charge in [-0.3, -0.25) is 0 Å². The molecule has 0 amide bonds. The normalized spacial score (nSPS) is 11.1. The van der Waals surface area contributed by atoms with E-state index in [-0.39, 0.29) is 21.5 Å². The molecule has 0 fully saturated rings. The third-order valence-corrected chi connectivity index (χ3v) is 3.45. The lowest BCUT2D eigenvalue weighted by molar-refractivity contribution is 0.547. The summed E-state index contributed by atoms with van der Waals surface area (Å²) in [6.45, 7) is 0. The minimum atomic E-state index is -1.12. The van der Waals surface area contributed by atoms with Crippen LogP contribution in [0, 0.1) is 17.5 Å². The van der Waals surface area contributed by atoms with Gasteiger partial charge in [0, 0.05) is 17.5 Å². The predicted molar refractivity (Wildman–Crippen MR) is 74.9 cm³/mol. The topological polar surface area (TPSA) is 25.8 Å². The van der Waals surface area contributed by atoms with Crippen LogP contribution in [-0.2, 0) is 0 Å². The van der Waals surface area contributed by atoms with Gasteiger partial charge in [-0.05, 0) is 12.1 Å². The van der Waals surface area contributed by atoms with E-state index in [9.17, 15) is 13.2 Å². The average Bonchev–Trinajstić information content (AvgIpc) is 2.39. The number of aromatic nitrogens is 2. The van der Waals surface area contributed by atoms with Crippen LogP contribution in [0.1, 0.15) is 0 Å². The Morgan fingerprint density at radius 3 is 2.24 bits per heavy atom. The number of nitrogens with zero attached hydrogens (tertiary/aromatic N) is 2. The maximum absolute atomic E-state index is 13.8. The number of para-hydroxylation sites is 1. The molecule has 0 aliphatic carbocycles. The summed E-state index contributed by atoms with van der Waals surface area (Å²) in [4.78, 5) is 7.88. The molecule has 1 heterocycles. The molecule has 0 unspecified atom stereocenters. The van der Waals surface area contributed by atoms with E-state index in [0.29, 0.717) is 17.5 Å². The van der Waals surface area contributed by atoms with E-state index in [0.717, 1.165) is 0 Å². The number of fused-ring (bicyclic) bond motifs is 1. The Labute approximate surface area is 127 Å². The Hall–Kier alpha value is -1.85. The maximum Gasteiger partial charge on any atom is 0.167 e. The van der Waals surface area contributed by atoms with Crippen molar-refractivity contribution in [2.75, 3.05) is 0 Å². The third kappa shape index (κ3) is 2.43. The van der Waals surface area contributed by atoms with Crippen molar-refractivity contribution in [1.29, 1.82) is 0 Å². The molecule has 3 aromatic rings. The third-order valence-electron chi connectivity index (χ3n) is 2.86. The zero-order chi connectivity index (χ0) is 15.1. The fourth-order valence-corrected chi connectivity index (χ4v) is 2.40. The molecule has 3 rings (SSSR count). The Bertz CT molecular complexity index is 845. The first kappa shape index (κ1) is 14.1. The van der Waals surface area contributed by atoms with Crippen LogP contribution in [0.25, 0.3) is 22.3 Å². The van der Waals surface area contributed by atoms with Crippen LogP contribution >= 0.6 is 23.2 Å². The smallest absolute Gasteiger partial charge is 0.167 e. The molecule has 2 aromatic carbocycles. The van der Waals surface area contributed by atoms with E-state index >= 15 is 0 Å². The van der Waals surface area contributed by atoms with Crippen molar-refractivity contribution in [3.63, 3.8) is 0 Å². The van der Waals surface area contributed by atoms with Crippen LogP contribution in [-0.4, -0.2) is 9.97 Å². The first-order valence-electron chi connectivity index (χ1n) is 5.74. The van der Waals surface area contributed by atoms with E-state index in [2.05, 4.69) is 9.97 Å². The van der Waals surface area contributed by atoms with Gasteiger partial charge in [-0.1, -0.05) is 29.3 Å². The van der Waals surface area contributed by atoms with E-state index in [1.807, 2.05) is 0 Å². The molecule has 0 N–H and O–H groups in total. The van der Waals surface area contributed by atoms with Gasteiger partial charge in [0.1, 0.15) is 22.6 Å². The summed E-state index contributed by atoms with van der Waals surface area (Å²) >= 11 is 12.0. The fraction of sp³-hybridized carbons (Fsp3) is 0. The molecular weight excluding hydrogens is 324 g/mol. The number of halogens is 5. The highest BCUT2D eigenvalue weighted by Crippen LogP contribution is 2.31. The Kier molecular flexibility index (Phi) is 3.47. The molecule has 0 aliphatic rings. The highest BCUT2D eigenvalue weighted by molar-refractivity contribution is 6.38. The zero-order valence-corrected chi connectivity index (χ0v) is 11.7. The van der Waals surface area contributed by atoms with Crippen LogP contribution in [0.3, 0.4) is 0 Å². The summed E-state index contributed by atoms with van der Waals surface area (Å²) < 4.78 is 40.5. The maximum atomic E-state index is 13.8. The molecule has 2 nitrogen and oxygen atoms in total. The van der Waals surface area contributed by atoms with Gasteiger partial charge in [0.15, 0.2) is 5.82 Å². The van der Waals surface area contributed by atoms with Gasteiger partial charge >= 0.3 is 0 Å². The van der Waals surface area contributed by atoms with E-state index < -0.39 is 23.0 Å². The highest BCUT2D eigenvalue weighted by Gasteiger charge is 2.18. The van der Waals surface area contributed by atoms with Crippen molar-refractivity contribution in [2.24, 2.45) is 0 Å². The summed E-state index contributed by atoms with van der Waals surface area (Å²) in [5, 5.41) is 0.720. The van der Waals surface area contributed by atoms with Crippen LogP contribution in [0.4, 0.5) is 13.2 Å². The molecule has 0 saturated carbocycles. The highest BCUT2D eigenvalue weighted by atomic mass is 35.5. The minimum Gasteiger partial charge on any atom is -0.226 e. The molecular formula is C14H5Cl2F3N2. The SMILES string of the molecule is Fc1cc(F)c(-c2nc(Cl)c3cccc(Cl)c3n2)c(F)c1. The number of rotatable bonds is 1.